The molecule has 1 N–H and O–H groups in total. The number of rotatable bonds is 6. The van der Waals surface area contributed by atoms with E-state index in [1.54, 1.807) is 19.9 Å². The Hall–Kier alpha value is -3.03. The van der Waals surface area contributed by atoms with Crippen molar-refractivity contribution in [2.24, 2.45) is 0 Å². The predicted octanol–water partition coefficient (Wildman–Crippen LogP) is 1.23. The molecule has 1 aliphatic heterocycles. The van der Waals surface area contributed by atoms with Crippen LogP contribution in [-0.2, 0) is 16.0 Å². The van der Waals surface area contributed by atoms with Crippen LogP contribution in [0.15, 0.2) is 21.3 Å². The van der Waals surface area contributed by atoms with Crippen molar-refractivity contribution >= 4 is 22.8 Å². The Kier molecular flexibility index (Phi) is 5.55. The number of benzene rings is 1. The van der Waals surface area contributed by atoms with Crippen molar-refractivity contribution in [3.63, 3.8) is 0 Å². The van der Waals surface area contributed by atoms with Crippen LogP contribution in [0.3, 0.4) is 0 Å². The van der Waals surface area contributed by atoms with Gasteiger partial charge in [0.2, 0.25) is 0 Å². The molecule has 2 aromatic rings. The van der Waals surface area contributed by atoms with Gasteiger partial charge in [0, 0.05) is 17.7 Å². The molecule has 1 aromatic heterocycles. The fourth-order valence-electron chi connectivity index (χ4n) is 3.44. The highest BCUT2D eigenvalue weighted by Gasteiger charge is 2.30. The predicted molar refractivity (Wildman–Crippen MR) is 103 cm³/mol. The van der Waals surface area contributed by atoms with Crippen molar-refractivity contribution in [1.82, 2.24) is 5.32 Å². The number of amides is 1. The number of hydrogen-bond donors (Lipinski definition) is 1. The molecular formula is C21H24NO7-. The van der Waals surface area contributed by atoms with Crippen LogP contribution in [0.4, 0.5) is 0 Å². The van der Waals surface area contributed by atoms with E-state index in [0.29, 0.717) is 34.5 Å². The first-order chi connectivity index (χ1) is 13.6. The molecule has 1 aliphatic rings. The number of carbonyl (C=O) groups is 2. The number of carboxylic acid groups (broad SMARTS) is 1. The van der Waals surface area contributed by atoms with E-state index in [1.165, 1.54) is 6.07 Å². The molecule has 3 rings (SSSR count). The third-order valence-electron chi connectivity index (χ3n) is 4.99. The lowest BCUT2D eigenvalue weighted by atomic mass is 9.92. The molecule has 0 radical (unpaired) electrons. The Morgan fingerprint density at radius 1 is 1.34 bits per heavy atom. The summed E-state index contributed by atoms with van der Waals surface area (Å²) >= 11 is 0. The minimum Gasteiger partial charge on any atom is -0.548 e. The van der Waals surface area contributed by atoms with E-state index in [1.807, 2.05) is 13.8 Å². The maximum atomic E-state index is 12.1. The Balaban J connectivity index is 1.96. The largest absolute Gasteiger partial charge is 0.548 e. The lowest BCUT2D eigenvalue weighted by Crippen LogP contribution is -2.48. The minimum absolute atomic E-state index is 0.197. The van der Waals surface area contributed by atoms with E-state index < -0.39 is 30.2 Å². The summed E-state index contributed by atoms with van der Waals surface area (Å²) in [5.74, 6) is -1.08. The van der Waals surface area contributed by atoms with E-state index in [0.717, 1.165) is 12.0 Å². The maximum absolute atomic E-state index is 12.1. The second-order valence-corrected chi connectivity index (χ2v) is 7.80. The number of fused-ring (bicyclic) bond motifs is 3. The summed E-state index contributed by atoms with van der Waals surface area (Å²) in [5.41, 5.74) is 0.971. The normalized spacial score (nSPS) is 15.9. The quantitative estimate of drug-likeness (QED) is 0.722. The van der Waals surface area contributed by atoms with Gasteiger partial charge in [-0.3, -0.25) is 4.79 Å². The van der Waals surface area contributed by atoms with Gasteiger partial charge in [0.25, 0.3) is 5.91 Å². The summed E-state index contributed by atoms with van der Waals surface area (Å²) in [6.45, 7) is 6.91. The zero-order chi connectivity index (χ0) is 21.3. The van der Waals surface area contributed by atoms with Gasteiger partial charge < -0.3 is 29.1 Å². The fraction of sp³-hybridized carbons (Fsp3) is 0.476. The molecular weight excluding hydrogens is 378 g/mol. The molecule has 0 saturated heterocycles. The minimum atomic E-state index is -1.35. The van der Waals surface area contributed by atoms with Crippen LogP contribution < -0.4 is 25.5 Å². The van der Waals surface area contributed by atoms with Crippen LogP contribution in [0.25, 0.3) is 11.0 Å². The fourth-order valence-corrected chi connectivity index (χ4v) is 3.44. The molecule has 0 spiro atoms. The second-order valence-electron chi connectivity index (χ2n) is 7.80. The van der Waals surface area contributed by atoms with E-state index in [2.05, 4.69) is 5.32 Å². The average molecular weight is 402 g/mol. The van der Waals surface area contributed by atoms with Gasteiger partial charge in [-0.2, -0.15) is 0 Å². The smallest absolute Gasteiger partial charge is 0.336 e. The van der Waals surface area contributed by atoms with Crippen LogP contribution >= 0.6 is 0 Å². The molecule has 29 heavy (non-hydrogen) atoms. The van der Waals surface area contributed by atoms with Crippen LogP contribution in [0.1, 0.15) is 44.7 Å². The molecule has 1 aromatic carbocycles. The molecule has 1 atom stereocenters. The van der Waals surface area contributed by atoms with Gasteiger partial charge in [-0.1, -0.05) is 6.92 Å². The third kappa shape index (κ3) is 4.36. The highest BCUT2D eigenvalue weighted by Crippen LogP contribution is 2.42. The van der Waals surface area contributed by atoms with Crippen LogP contribution in [0.5, 0.6) is 11.5 Å². The van der Waals surface area contributed by atoms with Crippen LogP contribution in [-0.4, -0.2) is 30.1 Å². The van der Waals surface area contributed by atoms with E-state index >= 15 is 0 Å². The molecule has 0 fully saturated rings. The van der Waals surface area contributed by atoms with Crippen molar-refractivity contribution in [3.05, 3.63) is 33.7 Å². The van der Waals surface area contributed by atoms with Gasteiger partial charge in [0.05, 0.1) is 17.4 Å². The molecule has 8 nitrogen and oxygen atoms in total. The highest BCUT2D eigenvalue weighted by atomic mass is 16.5. The first kappa shape index (κ1) is 20.7. The number of aryl methyl sites for hydroxylation is 2. The summed E-state index contributed by atoms with van der Waals surface area (Å²) in [7, 11) is 0. The lowest BCUT2D eigenvalue weighted by molar-refractivity contribution is -0.308. The number of hydrogen-bond acceptors (Lipinski definition) is 7. The first-order valence-electron chi connectivity index (χ1n) is 9.53. The number of nitrogens with one attached hydrogen (secondary N) is 1. The van der Waals surface area contributed by atoms with Gasteiger partial charge in [-0.25, -0.2) is 4.79 Å². The monoisotopic (exact) mass is 402 g/mol. The third-order valence-corrected chi connectivity index (χ3v) is 4.99. The first-order valence-corrected chi connectivity index (χ1v) is 9.53. The molecule has 8 heteroatoms. The van der Waals surface area contributed by atoms with Crippen molar-refractivity contribution in [2.75, 3.05) is 6.61 Å². The van der Waals surface area contributed by atoms with Gasteiger partial charge >= 0.3 is 5.63 Å². The van der Waals surface area contributed by atoms with E-state index in [4.69, 9.17) is 13.9 Å². The zero-order valence-corrected chi connectivity index (χ0v) is 16.9. The van der Waals surface area contributed by atoms with Gasteiger partial charge in [-0.05, 0) is 45.6 Å². The molecule has 0 unspecified atom stereocenters. The van der Waals surface area contributed by atoms with Crippen molar-refractivity contribution in [2.45, 2.75) is 58.6 Å². The molecule has 2 heterocycles. The Bertz CT molecular complexity index is 1020. The Labute approximate surface area is 167 Å². The Morgan fingerprint density at radius 2 is 2.07 bits per heavy atom. The number of ether oxygens (including phenoxy) is 2. The molecule has 0 aliphatic carbocycles. The molecule has 156 valence electrons. The summed E-state index contributed by atoms with van der Waals surface area (Å²) in [6.07, 6.45) is 1.63. The molecule has 1 amide bonds. The van der Waals surface area contributed by atoms with Crippen molar-refractivity contribution in [1.29, 1.82) is 0 Å². The second kappa shape index (κ2) is 7.77. The summed E-state index contributed by atoms with van der Waals surface area (Å²) in [5, 5.41) is 13.9. The number of aliphatic carboxylic acids is 1. The maximum Gasteiger partial charge on any atom is 0.336 e. The summed E-state index contributed by atoms with van der Waals surface area (Å²) in [6, 6.07) is 1.96. The lowest BCUT2D eigenvalue weighted by Gasteiger charge is -2.33. The van der Waals surface area contributed by atoms with Crippen molar-refractivity contribution < 1.29 is 28.6 Å². The Morgan fingerprint density at radius 3 is 2.72 bits per heavy atom. The van der Waals surface area contributed by atoms with Crippen LogP contribution in [0.2, 0.25) is 0 Å². The van der Waals surface area contributed by atoms with Crippen LogP contribution in [0, 0.1) is 6.92 Å². The number of carbonyl (C=O) groups excluding carboxylic acids is 2. The topological polar surface area (TPSA) is 118 Å². The summed E-state index contributed by atoms with van der Waals surface area (Å²) in [4.78, 5) is 35.1. The average Bonchev–Trinajstić information content (AvgIpc) is 2.62. The van der Waals surface area contributed by atoms with Crippen molar-refractivity contribution in [3.8, 4) is 11.5 Å². The summed E-state index contributed by atoms with van der Waals surface area (Å²) < 4.78 is 17.2. The standard InChI is InChI=1S/C21H25NO7/c1-5-13(20(25)26)22-16(23)10-27-15-9-14-12(6-7-21(3,4)29-14)19-18(15)11(2)8-17(24)28-19/h8-9,13H,5-7,10H2,1-4H3,(H,22,23)(H,25,26)/p-1/t13-/m0/s1. The van der Waals surface area contributed by atoms with Gasteiger partial charge in [0.15, 0.2) is 6.61 Å². The SMILES string of the molecule is CC[C@H](NC(=O)COc1cc2c(c3oc(=O)cc(C)c13)CCC(C)(C)O2)C(=O)[O-]. The molecule has 0 bridgehead atoms. The number of carboxylic acids is 1. The van der Waals surface area contributed by atoms with Gasteiger partial charge in [0.1, 0.15) is 22.7 Å². The van der Waals surface area contributed by atoms with E-state index in [9.17, 15) is 19.5 Å². The van der Waals surface area contributed by atoms with E-state index in [-0.39, 0.29) is 12.0 Å². The zero-order valence-electron chi connectivity index (χ0n) is 16.9. The molecule has 0 saturated carbocycles. The highest BCUT2D eigenvalue weighted by molar-refractivity contribution is 5.92. The van der Waals surface area contributed by atoms with Gasteiger partial charge in [-0.15, -0.1) is 0 Å².